The molecule has 0 aliphatic carbocycles. The molecule has 1 aromatic rings. The van der Waals surface area contributed by atoms with E-state index in [1.165, 1.54) is 0 Å². The lowest BCUT2D eigenvalue weighted by molar-refractivity contribution is -0.117. The predicted octanol–water partition coefficient (Wildman–Crippen LogP) is 2.23. The van der Waals surface area contributed by atoms with E-state index in [0.717, 1.165) is 9.26 Å². The quantitative estimate of drug-likeness (QED) is 0.820. The first-order chi connectivity index (χ1) is 6.50. The smallest absolute Gasteiger partial charge is 0.241 e. The maximum atomic E-state index is 11.3. The summed E-state index contributed by atoms with van der Waals surface area (Å²) in [6.45, 7) is 1.64. The van der Waals surface area contributed by atoms with Crippen LogP contribution in [0.15, 0.2) is 18.2 Å². The Morgan fingerprint density at radius 2 is 2.29 bits per heavy atom. The van der Waals surface area contributed by atoms with Gasteiger partial charge in [0, 0.05) is 8.59 Å². The van der Waals surface area contributed by atoms with Gasteiger partial charge in [-0.05, 0) is 47.7 Å². The average Bonchev–Trinajstić information content (AvgIpc) is 2.09. The predicted molar refractivity (Wildman–Crippen MR) is 66.4 cm³/mol. The van der Waals surface area contributed by atoms with Gasteiger partial charge in [-0.1, -0.05) is 11.6 Å². The van der Waals surface area contributed by atoms with Crippen molar-refractivity contribution in [3.63, 3.8) is 0 Å². The number of amides is 1. The van der Waals surface area contributed by atoms with Crippen molar-refractivity contribution < 1.29 is 4.79 Å². The van der Waals surface area contributed by atoms with E-state index >= 15 is 0 Å². The highest BCUT2D eigenvalue weighted by molar-refractivity contribution is 14.1. The Morgan fingerprint density at radius 3 is 2.79 bits per heavy atom. The molecular weight excluding hydrogens is 314 g/mol. The topological polar surface area (TPSA) is 55.1 Å². The van der Waals surface area contributed by atoms with Crippen LogP contribution in [0.4, 0.5) is 5.69 Å². The lowest BCUT2D eigenvalue weighted by atomic mass is 10.3. The van der Waals surface area contributed by atoms with Gasteiger partial charge in [0.1, 0.15) is 0 Å². The zero-order chi connectivity index (χ0) is 10.7. The number of carbonyl (C=O) groups is 1. The van der Waals surface area contributed by atoms with Crippen LogP contribution in [0.1, 0.15) is 6.92 Å². The molecule has 1 amide bonds. The molecule has 5 heteroatoms. The standard InChI is InChI=1S/C9H10ClIN2O/c1-5(12)9(14)13-8-3-2-6(10)4-7(8)11/h2-5H,12H2,1H3,(H,13,14)/t5-/m0/s1. The summed E-state index contributed by atoms with van der Waals surface area (Å²) in [6, 6.07) is 4.74. The lowest BCUT2D eigenvalue weighted by Crippen LogP contribution is -2.32. The number of halogens is 2. The average molecular weight is 325 g/mol. The van der Waals surface area contributed by atoms with Crippen LogP contribution in [0.25, 0.3) is 0 Å². The summed E-state index contributed by atoms with van der Waals surface area (Å²) in [4.78, 5) is 11.3. The number of rotatable bonds is 2. The van der Waals surface area contributed by atoms with Crippen molar-refractivity contribution in [3.05, 3.63) is 26.8 Å². The number of nitrogens with one attached hydrogen (secondary N) is 1. The number of carbonyl (C=O) groups excluding carboxylic acids is 1. The van der Waals surface area contributed by atoms with Crippen molar-refractivity contribution in [3.8, 4) is 0 Å². The molecule has 1 rings (SSSR count). The molecule has 0 saturated carbocycles. The Morgan fingerprint density at radius 1 is 1.64 bits per heavy atom. The third kappa shape index (κ3) is 3.11. The minimum atomic E-state index is -0.513. The molecular formula is C9H10ClIN2O. The maximum Gasteiger partial charge on any atom is 0.241 e. The van der Waals surface area contributed by atoms with Crippen LogP contribution in [0.3, 0.4) is 0 Å². The first-order valence-electron chi connectivity index (χ1n) is 4.02. The Bertz CT molecular complexity index is 355. The summed E-state index contributed by atoms with van der Waals surface area (Å²) in [5.74, 6) is -0.203. The van der Waals surface area contributed by atoms with E-state index in [4.69, 9.17) is 17.3 Å². The summed E-state index contributed by atoms with van der Waals surface area (Å²) in [6.07, 6.45) is 0. The van der Waals surface area contributed by atoms with Crippen molar-refractivity contribution in [2.45, 2.75) is 13.0 Å². The Balaban J connectivity index is 2.82. The third-order valence-corrected chi connectivity index (χ3v) is 2.73. The number of hydrogen-bond donors (Lipinski definition) is 2. The SMILES string of the molecule is C[C@H](N)C(=O)Nc1ccc(Cl)cc1I. The molecule has 3 N–H and O–H groups in total. The van der Waals surface area contributed by atoms with Gasteiger partial charge in [-0.2, -0.15) is 0 Å². The van der Waals surface area contributed by atoms with Crippen molar-refractivity contribution in [2.24, 2.45) is 5.73 Å². The normalized spacial score (nSPS) is 12.3. The Kier molecular flexibility index (Phi) is 4.15. The molecule has 0 saturated heterocycles. The zero-order valence-corrected chi connectivity index (χ0v) is 10.5. The molecule has 0 aliphatic rings. The van der Waals surface area contributed by atoms with Crippen LogP contribution in [-0.2, 0) is 4.79 Å². The molecule has 0 heterocycles. The fourth-order valence-electron chi connectivity index (χ4n) is 0.837. The number of anilines is 1. The highest BCUT2D eigenvalue weighted by Crippen LogP contribution is 2.22. The van der Waals surface area contributed by atoms with Gasteiger partial charge in [0.25, 0.3) is 0 Å². The number of nitrogens with two attached hydrogens (primary N) is 1. The fraction of sp³-hybridized carbons (Fsp3) is 0.222. The number of benzene rings is 1. The van der Waals surface area contributed by atoms with E-state index in [1.54, 1.807) is 25.1 Å². The lowest BCUT2D eigenvalue weighted by Gasteiger charge is -2.09. The van der Waals surface area contributed by atoms with Gasteiger partial charge >= 0.3 is 0 Å². The molecule has 0 spiro atoms. The highest BCUT2D eigenvalue weighted by atomic mass is 127. The molecule has 0 aliphatic heterocycles. The van der Waals surface area contributed by atoms with E-state index in [2.05, 4.69) is 27.9 Å². The van der Waals surface area contributed by atoms with Crippen LogP contribution in [-0.4, -0.2) is 11.9 Å². The fourth-order valence-corrected chi connectivity index (χ4v) is 1.84. The van der Waals surface area contributed by atoms with Gasteiger partial charge in [-0.15, -0.1) is 0 Å². The largest absolute Gasteiger partial charge is 0.324 e. The molecule has 1 aromatic carbocycles. The van der Waals surface area contributed by atoms with E-state index in [9.17, 15) is 4.79 Å². The van der Waals surface area contributed by atoms with Crippen molar-refractivity contribution in [1.29, 1.82) is 0 Å². The molecule has 3 nitrogen and oxygen atoms in total. The molecule has 0 fully saturated rings. The van der Waals surface area contributed by atoms with Gasteiger partial charge in [0.2, 0.25) is 5.91 Å². The third-order valence-electron chi connectivity index (χ3n) is 1.60. The maximum absolute atomic E-state index is 11.3. The van der Waals surface area contributed by atoms with Crippen LogP contribution in [0.5, 0.6) is 0 Å². The summed E-state index contributed by atoms with van der Waals surface area (Å²) in [5, 5.41) is 3.35. The number of hydrogen-bond acceptors (Lipinski definition) is 2. The minimum Gasteiger partial charge on any atom is -0.324 e. The second kappa shape index (κ2) is 4.95. The molecule has 0 bridgehead atoms. The molecule has 76 valence electrons. The van der Waals surface area contributed by atoms with Gasteiger partial charge in [0.05, 0.1) is 11.7 Å². The molecule has 0 radical (unpaired) electrons. The van der Waals surface area contributed by atoms with Crippen molar-refractivity contribution in [2.75, 3.05) is 5.32 Å². The van der Waals surface area contributed by atoms with Crippen LogP contribution >= 0.6 is 34.2 Å². The minimum absolute atomic E-state index is 0.203. The van der Waals surface area contributed by atoms with Gasteiger partial charge in [-0.25, -0.2) is 0 Å². The first kappa shape index (κ1) is 11.7. The molecule has 0 unspecified atom stereocenters. The summed E-state index contributed by atoms with van der Waals surface area (Å²) < 4.78 is 0.893. The first-order valence-corrected chi connectivity index (χ1v) is 5.48. The monoisotopic (exact) mass is 324 g/mol. The Hall–Kier alpha value is -0.330. The van der Waals surface area contributed by atoms with E-state index < -0.39 is 6.04 Å². The molecule has 1 atom stereocenters. The highest BCUT2D eigenvalue weighted by Gasteiger charge is 2.09. The van der Waals surface area contributed by atoms with E-state index in [1.807, 2.05) is 0 Å². The molecule has 14 heavy (non-hydrogen) atoms. The molecule has 0 aromatic heterocycles. The second-order valence-corrected chi connectivity index (χ2v) is 4.50. The second-order valence-electron chi connectivity index (χ2n) is 2.90. The van der Waals surface area contributed by atoms with Gasteiger partial charge < -0.3 is 11.1 Å². The Labute approximate surface area is 101 Å². The van der Waals surface area contributed by atoms with Crippen LogP contribution in [0, 0.1) is 3.57 Å². The van der Waals surface area contributed by atoms with E-state index in [-0.39, 0.29) is 5.91 Å². The van der Waals surface area contributed by atoms with Crippen molar-refractivity contribution in [1.82, 2.24) is 0 Å². The summed E-state index contributed by atoms with van der Waals surface area (Å²) >= 11 is 7.88. The van der Waals surface area contributed by atoms with Gasteiger partial charge in [0.15, 0.2) is 0 Å². The van der Waals surface area contributed by atoms with Crippen molar-refractivity contribution >= 4 is 45.8 Å². The zero-order valence-electron chi connectivity index (χ0n) is 7.55. The van der Waals surface area contributed by atoms with E-state index in [0.29, 0.717) is 5.02 Å². The summed E-state index contributed by atoms with van der Waals surface area (Å²) in [7, 11) is 0. The summed E-state index contributed by atoms with van der Waals surface area (Å²) in [5.41, 5.74) is 6.16. The van der Waals surface area contributed by atoms with Crippen LogP contribution in [0.2, 0.25) is 5.02 Å². The van der Waals surface area contributed by atoms with Gasteiger partial charge in [-0.3, -0.25) is 4.79 Å². The van der Waals surface area contributed by atoms with Crippen LogP contribution < -0.4 is 11.1 Å².